The van der Waals surface area contributed by atoms with Crippen LogP contribution in [0, 0.1) is 20.2 Å². The van der Waals surface area contributed by atoms with Gasteiger partial charge in [-0.05, 0) is 12.1 Å². The van der Waals surface area contributed by atoms with Crippen LogP contribution in [0.25, 0.3) is 0 Å². The van der Waals surface area contributed by atoms with Crippen molar-refractivity contribution in [3.8, 4) is 0 Å². The van der Waals surface area contributed by atoms with Crippen LogP contribution >= 0.6 is 0 Å². The van der Waals surface area contributed by atoms with Crippen molar-refractivity contribution in [1.82, 2.24) is 0 Å². The van der Waals surface area contributed by atoms with Gasteiger partial charge in [0.15, 0.2) is 0 Å². The third kappa shape index (κ3) is 3.94. The van der Waals surface area contributed by atoms with Gasteiger partial charge in [-0.2, -0.15) is 0 Å². The first-order valence-electron chi connectivity index (χ1n) is 7.81. The molecule has 0 amide bonds. The minimum atomic E-state index is -0.536. The van der Waals surface area contributed by atoms with Crippen LogP contribution in [0.5, 0.6) is 0 Å². The lowest BCUT2D eigenvalue weighted by Gasteiger charge is -2.15. The van der Waals surface area contributed by atoms with E-state index in [-0.39, 0.29) is 28.2 Å². The van der Waals surface area contributed by atoms with Gasteiger partial charge in [0.05, 0.1) is 9.85 Å². The lowest BCUT2D eigenvalue weighted by atomic mass is 10.00. The third-order valence-electron chi connectivity index (χ3n) is 3.95. The molecule has 2 aromatic carbocycles. The van der Waals surface area contributed by atoms with Gasteiger partial charge in [0.1, 0.15) is 17.1 Å². The Kier molecular flexibility index (Phi) is 5.59. The van der Waals surface area contributed by atoms with Crippen molar-refractivity contribution in [2.24, 2.45) is 5.16 Å². The molecule has 0 bridgehead atoms. The molecule has 0 aliphatic rings. The Morgan fingerprint density at radius 3 is 1.48 bits per heavy atom. The summed E-state index contributed by atoms with van der Waals surface area (Å²) in [5, 5.41) is 35.4. The second kappa shape index (κ2) is 7.68. The average molecular weight is 373 g/mol. The van der Waals surface area contributed by atoms with Gasteiger partial charge in [0.2, 0.25) is 0 Å². The van der Waals surface area contributed by atoms with Gasteiger partial charge in [-0.15, -0.1) is 0 Å². The van der Waals surface area contributed by atoms with Crippen LogP contribution in [0.2, 0.25) is 0 Å². The molecule has 0 aliphatic carbocycles. The van der Waals surface area contributed by atoms with E-state index in [2.05, 4.69) is 5.16 Å². The van der Waals surface area contributed by atoms with Crippen LogP contribution in [0.1, 0.15) is 11.1 Å². The van der Waals surface area contributed by atoms with Crippen molar-refractivity contribution in [2.75, 3.05) is 38.0 Å². The highest BCUT2D eigenvalue weighted by Gasteiger charge is 2.22. The highest BCUT2D eigenvalue weighted by atomic mass is 16.6. The standard InChI is InChI=1S/C17H19N5O5/c1-19(2)13-7-5-11(9-15(13)21(24)25)17(18-23)12-6-8-14(20(3)4)16(10-12)22(26)27/h5-10,23H,1-4H3. The Morgan fingerprint density at radius 1 is 0.852 bits per heavy atom. The molecule has 27 heavy (non-hydrogen) atoms. The molecule has 0 unspecified atom stereocenters. The van der Waals surface area contributed by atoms with Gasteiger partial charge in [-0.1, -0.05) is 17.3 Å². The van der Waals surface area contributed by atoms with Crippen molar-refractivity contribution in [2.45, 2.75) is 0 Å². The number of anilines is 2. The van der Waals surface area contributed by atoms with Crippen LogP contribution in [0.4, 0.5) is 22.7 Å². The highest BCUT2D eigenvalue weighted by molar-refractivity contribution is 6.13. The van der Waals surface area contributed by atoms with Gasteiger partial charge in [0, 0.05) is 51.5 Å². The number of hydrogen-bond acceptors (Lipinski definition) is 8. The molecule has 0 heterocycles. The second-order valence-electron chi connectivity index (χ2n) is 6.16. The van der Waals surface area contributed by atoms with E-state index in [1.54, 1.807) is 50.1 Å². The van der Waals surface area contributed by atoms with Crippen LogP contribution < -0.4 is 9.80 Å². The molecule has 2 aromatic rings. The van der Waals surface area contributed by atoms with E-state index in [4.69, 9.17) is 0 Å². The monoisotopic (exact) mass is 373 g/mol. The molecule has 0 saturated heterocycles. The number of nitro benzene ring substituents is 2. The largest absolute Gasteiger partial charge is 0.410 e. The Balaban J connectivity index is 2.61. The first kappa shape index (κ1) is 19.6. The Morgan fingerprint density at radius 2 is 1.22 bits per heavy atom. The molecule has 10 heteroatoms. The van der Waals surface area contributed by atoms with Crippen LogP contribution in [-0.2, 0) is 0 Å². The molecule has 0 atom stereocenters. The summed E-state index contributed by atoms with van der Waals surface area (Å²) >= 11 is 0. The summed E-state index contributed by atoms with van der Waals surface area (Å²) < 4.78 is 0. The quantitative estimate of drug-likeness (QED) is 0.357. The summed E-state index contributed by atoms with van der Waals surface area (Å²) in [7, 11) is 6.69. The molecule has 142 valence electrons. The van der Waals surface area contributed by atoms with Crippen molar-refractivity contribution in [3.05, 3.63) is 67.8 Å². The van der Waals surface area contributed by atoms with E-state index in [0.29, 0.717) is 11.4 Å². The molecular weight excluding hydrogens is 354 g/mol. The van der Waals surface area contributed by atoms with Crippen molar-refractivity contribution in [1.29, 1.82) is 0 Å². The molecule has 2 rings (SSSR count). The molecule has 0 aromatic heterocycles. The SMILES string of the molecule is CN(C)c1ccc(C(=NO)c2ccc(N(C)C)c([N+](=O)[O-])c2)cc1[N+](=O)[O-]. The third-order valence-corrected chi connectivity index (χ3v) is 3.95. The van der Waals surface area contributed by atoms with E-state index in [1.165, 1.54) is 24.3 Å². The molecular formula is C17H19N5O5. The number of benzene rings is 2. The maximum absolute atomic E-state index is 11.4. The number of oxime groups is 1. The molecule has 0 fully saturated rings. The van der Waals surface area contributed by atoms with Gasteiger partial charge >= 0.3 is 0 Å². The topological polar surface area (TPSA) is 125 Å². The fourth-order valence-electron chi connectivity index (χ4n) is 2.67. The van der Waals surface area contributed by atoms with E-state index in [9.17, 15) is 25.4 Å². The van der Waals surface area contributed by atoms with Crippen LogP contribution in [0.3, 0.4) is 0 Å². The van der Waals surface area contributed by atoms with E-state index in [1.807, 2.05) is 0 Å². The summed E-state index contributed by atoms with van der Waals surface area (Å²) in [5.41, 5.74) is 0.960. The summed E-state index contributed by atoms with van der Waals surface area (Å²) in [6.07, 6.45) is 0. The number of nitro groups is 2. The molecule has 10 nitrogen and oxygen atoms in total. The lowest BCUT2D eigenvalue weighted by Crippen LogP contribution is -2.13. The Hall–Kier alpha value is -3.69. The first-order chi connectivity index (χ1) is 12.7. The molecule has 1 N–H and O–H groups in total. The summed E-state index contributed by atoms with van der Waals surface area (Å²) in [6.45, 7) is 0. The smallest absolute Gasteiger partial charge is 0.293 e. The van der Waals surface area contributed by atoms with Gasteiger partial charge in [0.25, 0.3) is 11.4 Å². The van der Waals surface area contributed by atoms with E-state index < -0.39 is 9.85 Å². The summed E-state index contributed by atoms with van der Waals surface area (Å²) in [5.74, 6) is 0. The summed E-state index contributed by atoms with van der Waals surface area (Å²) in [4.78, 5) is 24.9. The zero-order valence-corrected chi connectivity index (χ0v) is 15.3. The lowest BCUT2D eigenvalue weighted by molar-refractivity contribution is -0.384. The van der Waals surface area contributed by atoms with Gasteiger partial charge in [-0.3, -0.25) is 20.2 Å². The van der Waals surface area contributed by atoms with Crippen LogP contribution in [-0.4, -0.2) is 49.0 Å². The summed E-state index contributed by atoms with van der Waals surface area (Å²) in [6, 6.07) is 8.72. The molecule has 0 radical (unpaired) electrons. The van der Waals surface area contributed by atoms with Gasteiger partial charge in [-0.25, -0.2) is 0 Å². The van der Waals surface area contributed by atoms with Crippen molar-refractivity contribution < 1.29 is 15.1 Å². The van der Waals surface area contributed by atoms with Crippen LogP contribution in [0.15, 0.2) is 41.6 Å². The van der Waals surface area contributed by atoms with Crippen molar-refractivity contribution >= 4 is 28.5 Å². The van der Waals surface area contributed by atoms with E-state index >= 15 is 0 Å². The average Bonchev–Trinajstić information content (AvgIpc) is 2.61. The molecule has 0 saturated carbocycles. The number of rotatable bonds is 6. The highest BCUT2D eigenvalue weighted by Crippen LogP contribution is 2.31. The maximum Gasteiger partial charge on any atom is 0.293 e. The predicted molar refractivity (Wildman–Crippen MR) is 102 cm³/mol. The molecule has 0 spiro atoms. The normalized spacial score (nSPS) is 10.2. The fraction of sp³-hybridized carbons (Fsp3) is 0.235. The Labute approximate surface area is 155 Å². The van der Waals surface area contributed by atoms with Gasteiger partial charge < -0.3 is 15.0 Å². The van der Waals surface area contributed by atoms with Crippen molar-refractivity contribution in [3.63, 3.8) is 0 Å². The zero-order chi connectivity index (χ0) is 20.3. The Bertz CT molecular complexity index is 852. The first-order valence-corrected chi connectivity index (χ1v) is 7.81. The molecule has 0 aliphatic heterocycles. The number of hydrogen-bond donors (Lipinski definition) is 1. The number of nitrogens with zero attached hydrogens (tertiary/aromatic N) is 5. The van der Waals surface area contributed by atoms with E-state index in [0.717, 1.165) is 0 Å². The maximum atomic E-state index is 11.4. The minimum Gasteiger partial charge on any atom is -0.410 e. The minimum absolute atomic E-state index is 0.00295. The zero-order valence-electron chi connectivity index (χ0n) is 15.3. The predicted octanol–water partition coefficient (Wildman–Crippen LogP) is 2.86. The second-order valence-corrected chi connectivity index (χ2v) is 6.16. The fourth-order valence-corrected chi connectivity index (χ4v) is 2.67.